The van der Waals surface area contributed by atoms with Crippen LogP contribution in [0.25, 0.3) is 0 Å². The summed E-state index contributed by atoms with van der Waals surface area (Å²) in [5, 5.41) is 17.8. The molecule has 0 amide bonds. The van der Waals surface area contributed by atoms with Gasteiger partial charge in [-0.25, -0.2) is 9.47 Å². The van der Waals surface area contributed by atoms with Gasteiger partial charge in [0.1, 0.15) is 6.10 Å². The summed E-state index contributed by atoms with van der Waals surface area (Å²) >= 11 is 1.42. The van der Waals surface area contributed by atoms with Crippen molar-refractivity contribution in [3.63, 3.8) is 0 Å². The molecule has 0 bridgehead atoms. The van der Waals surface area contributed by atoms with Gasteiger partial charge in [0.15, 0.2) is 5.82 Å². The first-order valence-corrected chi connectivity index (χ1v) is 7.90. The van der Waals surface area contributed by atoms with E-state index in [0.29, 0.717) is 16.7 Å². The summed E-state index contributed by atoms with van der Waals surface area (Å²) < 4.78 is 7.02. The lowest BCUT2D eigenvalue weighted by Gasteiger charge is -2.08. The van der Waals surface area contributed by atoms with Crippen LogP contribution in [0.15, 0.2) is 29.4 Å². The number of thioether (sulfide) groups is 1. The molecule has 3 N–H and O–H groups in total. The standard InChI is InChI=1S/C14H16N4O3S/c15-18-12(11-5-2-6-21-11)16-17-14(18)22-8-9-3-1-4-10(7-9)13(19)20/h1,3-4,7,11H,2,5-6,8,15H2,(H,19,20). The molecule has 3 rings (SSSR count). The maximum atomic E-state index is 11.0. The van der Waals surface area contributed by atoms with Crippen molar-refractivity contribution in [3.05, 3.63) is 41.2 Å². The van der Waals surface area contributed by atoms with Crippen LogP contribution in [-0.4, -0.2) is 32.6 Å². The van der Waals surface area contributed by atoms with Crippen molar-refractivity contribution in [2.75, 3.05) is 12.4 Å². The Morgan fingerprint density at radius 3 is 3.09 bits per heavy atom. The highest BCUT2D eigenvalue weighted by Crippen LogP contribution is 2.29. The number of nitrogens with zero attached hydrogens (tertiary/aromatic N) is 3. The number of nitrogen functional groups attached to an aromatic ring is 1. The van der Waals surface area contributed by atoms with Gasteiger partial charge in [-0.05, 0) is 30.5 Å². The minimum Gasteiger partial charge on any atom is -0.478 e. The van der Waals surface area contributed by atoms with Crippen molar-refractivity contribution in [3.8, 4) is 0 Å². The maximum Gasteiger partial charge on any atom is 0.335 e. The summed E-state index contributed by atoms with van der Waals surface area (Å²) in [7, 11) is 0. The van der Waals surface area contributed by atoms with Crippen LogP contribution >= 0.6 is 11.8 Å². The Labute approximate surface area is 131 Å². The lowest BCUT2D eigenvalue weighted by atomic mass is 10.1. The lowest BCUT2D eigenvalue weighted by Crippen LogP contribution is -2.16. The predicted molar refractivity (Wildman–Crippen MR) is 81.1 cm³/mol. The van der Waals surface area contributed by atoms with Gasteiger partial charge in [0.05, 0.1) is 5.56 Å². The molecule has 22 heavy (non-hydrogen) atoms. The zero-order valence-corrected chi connectivity index (χ0v) is 12.6. The molecule has 1 aliphatic heterocycles. The van der Waals surface area contributed by atoms with E-state index in [4.69, 9.17) is 15.7 Å². The van der Waals surface area contributed by atoms with Gasteiger partial charge in [-0.2, -0.15) is 0 Å². The molecule has 0 aliphatic carbocycles. The first kappa shape index (κ1) is 14.9. The number of carboxylic acids is 1. The second-order valence-electron chi connectivity index (χ2n) is 5.01. The van der Waals surface area contributed by atoms with Crippen LogP contribution in [0, 0.1) is 0 Å². The number of carbonyl (C=O) groups is 1. The Bertz CT molecular complexity index is 682. The summed E-state index contributed by atoms with van der Waals surface area (Å²) in [6.45, 7) is 0.724. The molecule has 2 aromatic rings. The molecule has 1 aromatic heterocycles. The highest BCUT2D eigenvalue weighted by molar-refractivity contribution is 7.98. The monoisotopic (exact) mass is 320 g/mol. The number of carboxylic acid groups (broad SMARTS) is 1. The molecule has 0 spiro atoms. The predicted octanol–water partition coefficient (Wildman–Crippen LogP) is 1.83. The fraction of sp³-hybridized carbons (Fsp3) is 0.357. The van der Waals surface area contributed by atoms with E-state index in [-0.39, 0.29) is 11.7 Å². The second kappa shape index (κ2) is 6.37. The number of benzene rings is 1. The minimum absolute atomic E-state index is 0.0813. The Kier molecular flexibility index (Phi) is 4.30. The van der Waals surface area contributed by atoms with E-state index >= 15 is 0 Å². The zero-order valence-electron chi connectivity index (χ0n) is 11.8. The summed E-state index contributed by atoms with van der Waals surface area (Å²) in [4.78, 5) is 11.0. The molecule has 2 heterocycles. The van der Waals surface area contributed by atoms with Crippen molar-refractivity contribution in [1.29, 1.82) is 0 Å². The third-order valence-corrected chi connectivity index (χ3v) is 4.46. The Balaban J connectivity index is 1.69. The lowest BCUT2D eigenvalue weighted by molar-refractivity contribution is 0.0696. The van der Waals surface area contributed by atoms with E-state index in [1.165, 1.54) is 16.4 Å². The molecule has 1 saturated heterocycles. The van der Waals surface area contributed by atoms with Gasteiger partial charge in [-0.3, -0.25) is 0 Å². The molecular weight excluding hydrogens is 304 g/mol. The molecule has 7 nitrogen and oxygen atoms in total. The van der Waals surface area contributed by atoms with E-state index in [9.17, 15) is 4.79 Å². The summed E-state index contributed by atoms with van der Waals surface area (Å²) in [6.07, 6.45) is 1.82. The van der Waals surface area contributed by atoms with Gasteiger partial charge in [0, 0.05) is 12.4 Å². The highest BCUT2D eigenvalue weighted by Gasteiger charge is 2.24. The molecule has 8 heteroatoms. The SMILES string of the molecule is Nn1c(SCc2cccc(C(=O)O)c2)nnc1C1CCCO1. The molecule has 1 atom stereocenters. The van der Waals surface area contributed by atoms with Gasteiger partial charge in [-0.15, -0.1) is 10.2 Å². The zero-order chi connectivity index (χ0) is 15.5. The third-order valence-electron chi connectivity index (χ3n) is 3.45. The number of hydrogen-bond acceptors (Lipinski definition) is 6. The van der Waals surface area contributed by atoms with E-state index < -0.39 is 5.97 Å². The van der Waals surface area contributed by atoms with Crippen molar-refractivity contribution >= 4 is 17.7 Å². The van der Waals surface area contributed by atoms with Crippen LogP contribution in [0.4, 0.5) is 0 Å². The summed E-state index contributed by atoms with van der Waals surface area (Å²) in [5.41, 5.74) is 1.17. The minimum atomic E-state index is -0.936. The molecule has 116 valence electrons. The molecular formula is C14H16N4O3S. The molecule has 0 radical (unpaired) electrons. The Hall–Kier alpha value is -2.06. The highest BCUT2D eigenvalue weighted by atomic mass is 32.2. The molecule has 0 saturated carbocycles. The van der Waals surface area contributed by atoms with Crippen LogP contribution in [0.5, 0.6) is 0 Å². The average Bonchev–Trinajstić information content (AvgIpc) is 3.15. The third kappa shape index (κ3) is 3.07. The van der Waals surface area contributed by atoms with E-state index in [1.807, 2.05) is 6.07 Å². The quantitative estimate of drug-likeness (QED) is 0.640. The van der Waals surface area contributed by atoms with Crippen LogP contribution in [0.2, 0.25) is 0 Å². The van der Waals surface area contributed by atoms with Crippen LogP contribution in [-0.2, 0) is 10.5 Å². The van der Waals surface area contributed by atoms with E-state index in [0.717, 1.165) is 25.0 Å². The van der Waals surface area contributed by atoms with Crippen molar-refractivity contribution in [2.45, 2.75) is 29.9 Å². The average molecular weight is 320 g/mol. The first-order valence-electron chi connectivity index (χ1n) is 6.92. The van der Waals surface area contributed by atoms with Gasteiger partial charge >= 0.3 is 5.97 Å². The van der Waals surface area contributed by atoms with E-state index in [2.05, 4.69) is 10.2 Å². The molecule has 1 unspecified atom stereocenters. The van der Waals surface area contributed by atoms with Gasteiger partial charge in [-0.1, -0.05) is 23.9 Å². The maximum absolute atomic E-state index is 11.0. The molecule has 1 aromatic carbocycles. The fourth-order valence-corrected chi connectivity index (χ4v) is 3.14. The van der Waals surface area contributed by atoms with Gasteiger partial charge < -0.3 is 15.7 Å². The number of ether oxygens (including phenoxy) is 1. The van der Waals surface area contributed by atoms with Crippen molar-refractivity contribution < 1.29 is 14.6 Å². The van der Waals surface area contributed by atoms with E-state index in [1.54, 1.807) is 18.2 Å². The topological polar surface area (TPSA) is 103 Å². The number of aromatic nitrogens is 3. The van der Waals surface area contributed by atoms with Crippen LogP contribution < -0.4 is 5.84 Å². The van der Waals surface area contributed by atoms with Crippen LogP contribution in [0.1, 0.15) is 40.7 Å². The number of aromatic carboxylic acids is 1. The van der Waals surface area contributed by atoms with Gasteiger partial charge in [0.25, 0.3) is 0 Å². The van der Waals surface area contributed by atoms with Crippen LogP contribution in [0.3, 0.4) is 0 Å². The summed E-state index contributed by atoms with van der Waals surface area (Å²) in [6, 6.07) is 6.81. The summed E-state index contributed by atoms with van der Waals surface area (Å²) in [5.74, 6) is 6.30. The van der Waals surface area contributed by atoms with Gasteiger partial charge in [0.2, 0.25) is 5.16 Å². The Morgan fingerprint density at radius 1 is 1.50 bits per heavy atom. The Morgan fingerprint density at radius 2 is 2.36 bits per heavy atom. The normalized spacial score (nSPS) is 17.7. The number of nitrogens with two attached hydrogens (primary N) is 1. The first-order chi connectivity index (χ1) is 10.6. The fourth-order valence-electron chi connectivity index (χ4n) is 2.33. The smallest absolute Gasteiger partial charge is 0.335 e. The second-order valence-corrected chi connectivity index (χ2v) is 5.95. The van der Waals surface area contributed by atoms with Crippen molar-refractivity contribution in [1.82, 2.24) is 14.9 Å². The largest absolute Gasteiger partial charge is 0.478 e. The molecule has 1 aliphatic rings. The van der Waals surface area contributed by atoms with Crippen molar-refractivity contribution in [2.24, 2.45) is 0 Å². The molecule has 1 fully saturated rings. The number of hydrogen-bond donors (Lipinski definition) is 2. The number of rotatable bonds is 5.